The normalized spacial score (nSPS) is 13.8. The Labute approximate surface area is 206 Å². The maximum Gasteiger partial charge on any atom is 0.269 e. The number of carbonyl (C=O) groups excluding carboxylic acids is 2. The first-order valence-corrected chi connectivity index (χ1v) is 11.4. The molecule has 1 fully saturated rings. The molecule has 2 aromatic carbocycles. The number of non-ortho nitro benzene ring substituents is 1. The lowest BCUT2D eigenvalue weighted by Gasteiger charge is -2.29. The number of pyridine rings is 1. The summed E-state index contributed by atoms with van der Waals surface area (Å²) in [7, 11) is 0. The number of rotatable bonds is 6. The van der Waals surface area contributed by atoms with Crippen LogP contribution in [0, 0.1) is 10.1 Å². The van der Waals surface area contributed by atoms with Crippen LogP contribution in [-0.4, -0.2) is 52.5 Å². The van der Waals surface area contributed by atoms with E-state index in [0.717, 1.165) is 24.2 Å². The maximum absolute atomic E-state index is 13.4. The molecule has 5 rings (SSSR count). The molecule has 0 bridgehead atoms. The van der Waals surface area contributed by atoms with Gasteiger partial charge in [0.25, 0.3) is 11.6 Å². The number of carbonyl (C=O) groups is 2. The second kappa shape index (κ2) is 9.93. The van der Waals surface area contributed by atoms with Crippen molar-refractivity contribution in [1.82, 2.24) is 9.55 Å². The van der Waals surface area contributed by atoms with Gasteiger partial charge in [0.05, 0.1) is 23.7 Å². The highest BCUT2D eigenvalue weighted by Crippen LogP contribution is 2.29. The van der Waals surface area contributed by atoms with Crippen molar-refractivity contribution in [3.8, 4) is 0 Å². The van der Waals surface area contributed by atoms with E-state index in [1.54, 1.807) is 30.6 Å². The fraction of sp³-hybridized carbons (Fsp3) is 0.148. The Kier molecular flexibility index (Phi) is 6.38. The fourth-order valence-corrected chi connectivity index (χ4v) is 4.20. The number of nitro benzene ring substituents is 1. The van der Waals surface area contributed by atoms with Gasteiger partial charge in [-0.3, -0.25) is 29.3 Å². The minimum Gasteiger partial charge on any atom is -0.378 e. The molecular formula is C27H22N4O5. The first kappa shape index (κ1) is 23.1. The van der Waals surface area contributed by atoms with E-state index in [-0.39, 0.29) is 17.4 Å². The van der Waals surface area contributed by atoms with Gasteiger partial charge in [-0.05, 0) is 54.6 Å². The van der Waals surface area contributed by atoms with E-state index in [0.29, 0.717) is 35.4 Å². The van der Waals surface area contributed by atoms with Gasteiger partial charge in [0.1, 0.15) is 0 Å². The van der Waals surface area contributed by atoms with Gasteiger partial charge in [-0.2, -0.15) is 0 Å². The van der Waals surface area contributed by atoms with Crippen LogP contribution in [0.2, 0.25) is 0 Å². The second-order valence-corrected chi connectivity index (χ2v) is 8.30. The zero-order chi connectivity index (χ0) is 25.1. The number of nitrogens with zero attached hydrogens (tertiary/aromatic N) is 4. The van der Waals surface area contributed by atoms with E-state index in [4.69, 9.17) is 4.74 Å². The van der Waals surface area contributed by atoms with Gasteiger partial charge in [-0.1, -0.05) is 0 Å². The third-order valence-corrected chi connectivity index (χ3v) is 6.10. The zero-order valence-corrected chi connectivity index (χ0v) is 19.2. The lowest BCUT2D eigenvalue weighted by molar-refractivity contribution is -0.384. The topological polar surface area (TPSA) is 108 Å². The number of anilines is 1. The van der Waals surface area contributed by atoms with Crippen LogP contribution in [0.4, 0.5) is 11.4 Å². The molecule has 0 radical (unpaired) electrons. The largest absolute Gasteiger partial charge is 0.378 e. The summed E-state index contributed by atoms with van der Waals surface area (Å²) in [6.45, 7) is 2.81. The highest BCUT2D eigenvalue weighted by Gasteiger charge is 2.18. The molecular weight excluding hydrogens is 460 g/mol. The number of hydrogen-bond donors (Lipinski definition) is 0. The third kappa shape index (κ3) is 4.64. The van der Waals surface area contributed by atoms with Crippen molar-refractivity contribution in [3.63, 3.8) is 0 Å². The van der Waals surface area contributed by atoms with E-state index in [1.807, 2.05) is 18.2 Å². The number of fused-ring (bicyclic) bond motifs is 1. The molecule has 0 atom stereocenters. The first-order valence-electron chi connectivity index (χ1n) is 11.4. The summed E-state index contributed by atoms with van der Waals surface area (Å²) in [5, 5.41) is 11.8. The molecule has 9 nitrogen and oxygen atoms in total. The summed E-state index contributed by atoms with van der Waals surface area (Å²) in [6.07, 6.45) is 7.95. The Morgan fingerprint density at radius 2 is 1.81 bits per heavy atom. The van der Waals surface area contributed by atoms with Crippen LogP contribution >= 0.6 is 0 Å². The van der Waals surface area contributed by atoms with Crippen molar-refractivity contribution in [2.24, 2.45) is 0 Å². The lowest BCUT2D eigenvalue weighted by Crippen LogP contribution is -2.36. The summed E-state index contributed by atoms with van der Waals surface area (Å²) < 4.78 is 6.97. The minimum atomic E-state index is -0.505. The van der Waals surface area contributed by atoms with Crippen LogP contribution in [0.25, 0.3) is 17.0 Å². The predicted octanol–water partition coefficient (Wildman–Crippen LogP) is 4.37. The molecule has 180 valence electrons. The van der Waals surface area contributed by atoms with Gasteiger partial charge in [0, 0.05) is 71.6 Å². The third-order valence-electron chi connectivity index (χ3n) is 6.10. The Morgan fingerprint density at radius 3 is 2.50 bits per heavy atom. The number of allylic oxidation sites excluding steroid dienone is 1. The SMILES string of the molecule is O=C(/C=C/c1cn(C(=O)c2ccc([N+](=O)[O-])cc2)c2ccc(N3CCOCC3)cc12)c1cccnc1. The maximum atomic E-state index is 13.4. The van der Waals surface area contributed by atoms with E-state index < -0.39 is 4.92 Å². The molecule has 0 spiro atoms. The lowest BCUT2D eigenvalue weighted by atomic mass is 10.1. The van der Waals surface area contributed by atoms with Crippen molar-refractivity contribution in [2.75, 3.05) is 31.2 Å². The van der Waals surface area contributed by atoms with Crippen molar-refractivity contribution in [3.05, 3.63) is 106 Å². The average Bonchev–Trinajstić information content (AvgIpc) is 3.30. The second-order valence-electron chi connectivity index (χ2n) is 8.30. The number of ether oxygens (including phenoxy) is 1. The van der Waals surface area contributed by atoms with Gasteiger partial charge >= 0.3 is 0 Å². The van der Waals surface area contributed by atoms with Crippen molar-refractivity contribution in [1.29, 1.82) is 0 Å². The Morgan fingerprint density at radius 1 is 1.03 bits per heavy atom. The fourth-order valence-electron chi connectivity index (χ4n) is 4.20. The monoisotopic (exact) mass is 482 g/mol. The molecule has 0 amide bonds. The number of benzene rings is 2. The summed E-state index contributed by atoms with van der Waals surface area (Å²) >= 11 is 0. The van der Waals surface area contributed by atoms with Crippen LogP contribution in [0.5, 0.6) is 0 Å². The molecule has 0 N–H and O–H groups in total. The molecule has 1 saturated heterocycles. The summed E-state index contributed by atoms with van der Waals surface area (Å²) in [4.78, 5) is 42.7. The summed E-state index contributed by atoms with van der Waals surface area (Å²) in [6, 6.07) is 14.7. The molecule has 2 aromatic heterocycles. The number of nitro groups is 1. The van der Waals surface area contributed by atoms with E-state index in [1.165, 1.54) is 41.1 Å². The van der Waals surface area contributed by atoms with Crippen LogP contribution < -0.4 is 4.90 Å². The Bertz CT molecular complexity index is 1470. The van der Waals surface area contributed by atoms with Crippen molar-refractivity contribution >= 4 is 40.0 Å². The van der Waals surface area contributed by atoms with Crippen molar-refractivity contribution in [2.45, 2.75) is 0 Å². The number of ketones is 1. The van der Waals surface area contributed by atoms with E-state index in [9.17, 15) is 19.7 Å². The first-order chi connectivity index (χ1) is 17.5. The highest BCUT2D eigenvalue weighted by molar-refractivity contribution is 6.09. The van der Waals surface area contributed by atoms with E-state index >= 15 is 0 Å². The van der Waals surface area contributed by atoms with Crippen LogP contribution in [0.1, 0.15) is 26.3 Å². The highest BCUT2D eigenvalue weighted by atomic mass is 16.6. The van der Waals surface area contributed by atoms with Crippen LogP contribution in [-0.2, 0) is 4.74 Å². The predicted molar refractivity (Wildman–Crippen MR) is 135 cm³/mol. The van der Waals surface area contributed by atoms with Gasteiger partial charge in [-0.15, -0.1) is 0 Å². The molecule has 0 saturated carbocycles. The number of hydrogen-bond acceptors (Lipinski definition) is 7. The van der Waals surface area contributed by atoms with Gasteiger partial charge in [-0.25, -0.2) is 0 Å². The minimum absolute atomic E-state index is 0.0865. The Hall–Kier alpha value is -4.63. The molecule has 9 heteroatoms. The van der Waals surface area contributed by atoms with Gasteiger partial charge < -0.3 is 9.64 Å². The molecule has 4 aromatic rings. The molecule has 1 aliphatic rings. The smallest absolute Gasteiger partial charge is 0.269 e. The van der Waals surface area contributed by atoms with Gasteiger partial charge in [0.15, 0.2) is 5.78 Å². The molecule has 0 aliphatic carbocycles. The quantitative estimate of drug-likeness (QED) is 0.174. The number of aromatic nitrogens is 2. The van der Waals surface area contributed by atoms with E-state index in [2.05, 4.69) is 9.88 Å². The standard InChI is InChI=1S/C27H22N4O5/c32-26(20-2-1-11-28-17-20)10-5-21-18-30(27(33)19-3-6-22(7-4-19)31(34)35)25-9-8-23(16-24(21)25)29-12-14-36-15-13-29/h1-11,16-18H,12-15H2/b10-5+. The molecule has 36 heavy (non-hydrogen) atoms. The summed E-state index contributed by atoms with van der Waals surface area (Å²) in [5.74, 6) is -0.526. The van der Waals surface area contributed by atoms with Crippen LogP contribution in [0.3, 0.4) is 0 Å². The zero-order valence-electron chi connectivity index (χ0n) is 19.2. The van der Waals surface area contributed by atoms with Crippen LogP contribution in [0.15, 0.2) is 79.3 Å². The number of morpholine rings is 1. The molecule has 0 unspecified atom stereocenters. The van der Waals surface area contributed by atoms with Crippen molar-refractivity contribution < 1.29 is 19.2 Å². The Balaban J connectivity index is 1.55. The molecule has 3 heterocycles. The summed E-state index contributed by atoms with van der Waals surface area (Å²) in [5.41, 5.74) is 3.07. The molecule has 1 aliphatic heterocycles. The van der Waals surface area contributed by atoms with Gasteiger partial charge in [0.2, 0.25) is 0 Å². The average molecular weight is 482 g/mol.